The van der Waals surface area contributed by atoms with Crippen LogP contribution in [0, 0.1) is 5.82 Å². The Labute approximate surface area is 133 Å². The monoisotopic (exact) mass is 334 g/mol. The van der Waals surface area contributed by atoms with Gasteiger partial charge in [0, 0.05) is 13.0 Å². The number of sulfonamides is 1. The van der Waals surface area contributed by atoms with E-state index in [0.29, 0.717) is 24.3 Å². The number of benzene rings is 2. The Bertz CT molecular complexity index is 835. The Kier molecular flexibility index (Phi) is 4.04. The topological polar surface area (TPSA) is 66.5 Å². The van der Waals surface area contributed by atoms with Gasteiger partial charge in [-0.15, -0.1) is 0 Å². The molecule has 3 rings (SSSR count). The zero-order valence-corrected chi connectivity index (χ0v) is 13.0. The van der Waals surface area contributed by atoms with E-state index in [2.05, 4.69) is 4.72 Å². The molecule has 2 aromatic rings. The predicted molar refractivity (Wildman–Crippen MR) is 85.2 cm³/mol. The van der Waals surface area contributed by atoms with E-state index in [9.17, 15) is 17.6 Å². The van der Waals surface area contributed by atoms with Gasteiger partial charge in [-0.1, -0.05) is 12.1 Å². The van der Waals surface area contributed by atoms with Gasteiger partial charge in [-0.25, -0.2) is 12.8 Å². The van der Waals surface area contributed by atoms with Crippen molar-refractivity contribution in [2.45, 2.75) is 17.7 Å². The lowest BCUT2D eigenvalue weighted by Gasteiger charge is -2.20. The first-order chi connectivity index (χ1) is 11.0. The molecule has 1 saturated heterocycles. The van der Waals surface area contributed by atoms with Gasteiger partial charge in [-0.2, -0.15) is 0 Å². The van der Waals surface area contributed by atoms with Crippen LogP contribution in [0.25, 0.3) is 0 Å². The minimum atomic E-state index is -3.85. The number of hydrogen-bond acceptors (Lipinski definition) is 3. The summed E-state index contributed by atoms with van der Waals surface area (Å²) in [5, 5.41) is 0. The lowest BCUT2D eigenvalue weighted by Crippen LogP contribution is -2.25. The summed E-state index contributed by atoms with van der Waals surface area (Å²) in [4.78, 5) is 13.4. The highest BCUT2D eigenvalue weighted by atomic mass is 32.2. The number of halogens is 1. The van der Waals surface area contributed by atoms with Crippen LogP contribution in [-0.2, 0) is 14.8 Å². The molecular formula is C16H15FN2O3S. The van der Waals surface area contributed by atoms with Crippen LogP contribution in [0.5, 0.6) is 0 Å². The number of nitrogens with zero attached hydrogens (tertiary/aromatic N) is 1. The SMILES string of the molecule is O=C1CCCN1c1ccccc1NS(=O)(=O)c1ccc(F)cc1. The quantitative estimate of drug-likeness (QED) is 0.935. The average molecular weight is 334 g/mol. The first-order valence-corrected chi connectivity index (χ1v) is 8.63. The van der Waals surface area contributed by atoms with E-state index in [1.54, 1.807) is 29.2 Å². The van der Waals surface area contributed by atoms with Crippen molar-refractivity contribution in [2.75, 3.05) is 16.2 Å². The third-order valence-corrected chi connectivity index (χ3v) is 5.02. The highest BCUT2D eigenvalue weighted by Gasteiger charge is 2.25. The number of carbonyl (C=O) groups excluding carboxylic acids is 1. The summed E-state index contributed by atoms with van der Waals surface area (Å²) in [6.45, 7) is 0.564. The molecule has 1 aliphatic heterocycles. The Balaban J connectivity index is 1.94. The van der Waals surface area contributed by atoms with Crippen molar-refractivity contribution >= 4 is 27.3 Å². The second-order valence-electron chi connectivity index (χ2n) is 5.23. The minimum Gasteiger partial charge on any atom is -0.310 e. The zero-order chi connectivity index (χ0) is 16.4. The maximum atomic E-state index is 13.0. The molecule has 0 radical (unpaired) electrons. The molecule has 7 heteroatoms. The fourth-order valence-electron chi connectivity index (χ4n) is 2.52. The maximum Gasteiger partial charge on any atom is 0.261 e. The van der Waals surface area contributed by atoms with E-state index in [1.807, 2.05) is 0 Å². The van der Waals surface area contributed by atoms with Gasteiger partial charge in [-0.05, 0) is 42.8 Å². The smallest absolute Gasteiger partial charge is 0.261 e. The molecule has 1 fully saturated rings. The van der Waals surface area contributed by atoms with Gasteiger partial charge in [0.05, 0.1) is 16.3 Å². The van der Waals surface area contributed by atoms with Gasteiger partial charge < -0.3 is 4.90 Å². The lowest BCUT2D eigenvalue weighted by molar-refractivity contribution is -0.117. The average Bonchev–Trinajstić information content (AvgIpc) is 2.94. The fraction of sp³-hybridized carbons (Fsp3) is 0.188. The van der Waals surface area contributed by atoms with E-state index in [0.717, 1.165) is 18.6 Å². The van der Waals surface area contributed by atoms with Crippen LogP contribution in [-0.4, -0.2) is 20.9 Å². The molecule has 0 unspecified atom stereocenters. The fourth-order valence-corrected chi connectivity index (χ4v) is 3.59. The summed E-state index contributed by atoms with van der Waals surface area (Å²) in [5.74, 6) is -0.537. The van der Waals surface area contributed by atoms with Crippen molar-refractivity contribution < 1.29 is 17.6 Å². The number of carbonyl (C=O) groups is 1. The second kappa shape index (κ2) is 6.00. The van der Waals surface area contributed by atoms with Crippen LogP contribution in [0.4, 0.5) is 15.8 Å². The molecule has 0 atom stereocenters. The Hall–Kier alpha value is -2.41. The van der Waals surface area contributed by atoms with Crippen LogP contribution in [0.15, 0.2) is 53.4 Å². The van der Waals surface area contributed by atoms with Gasteiger partial charge in [0.15, 0.2) is 0 Å². The van der Waals surface area contributed by atoms with Crippen molar-refractivity contribution in [3.05, 3.63) is 54.3 Å². The molecule has 23 heavy (non-hydrogen) atoms. The van der Waals surface area contributed by atoms with Crippen LogP contribution >= 0.6 is 0 Å². The second-order valence-corrected chi connectivity index (χ2v) is 6.91. The van der Waals surface area contributed by atoms with Crippen molar-refractivity contribution in [3.63, 3.8) is 0 Å². The summed E-state index contributed by atoms with van der Waals surface area (Å²) in [6.07, 6.45) is 1.21. The minimum absolute atomic E-state index is 0.0292. The highest BCUT2D eigenvalue weighted by molar-refractivity contribution is 7.92. The van der Waals surface area contributed by atoms with Crippen LogP contribution < -0.4 is 9.62 Å². The van der Waals surface area contributed by atoms with Gasteiger partial charge in [0.2, 0.25) is 5.91 Å². The molecule has 2 aromatic carbocycles. The summed E-state index contributed by atoms with van der Waals surface area (Å²) in [7, 11) is -3.85. The van der Waals surface area contributed by atoms with Gasteiger partial charge >= 0.3 is 0 Å². The highest BCUT2D eigenvalue weighted by Crippen LogP contribution is 2.31. The molecule has 1 amide bonds. The third kappa shape index (κ3) is 3.19. The Morgan fingerprint density at radius 3 is 2.39 bits per heavy atom. The van der Waals surface area contributed by atoms with Gasteiger partial charge in [0.1, 0.15) is 5.82 Å². The summed E-state index contributed by atoms with van der Waals surface area (Å²) >= 11 is 0. The number of amides is 1. The molecule has 5 nitrogen and oxygen atoms in total. The maximum absolute atomic E-state index is 13.0. The van der Waals surface area contributed by atoms with Gasteiger partial charge in [-0.3, -0.25) is 9.52 Å². The first-order valence-electron chi connectivity index (χ1n) is 7.15. The molecule has 120 valence electrons. The van der Waals surface area contributed by atoms with E-state index >= 15 is 0 Å². The Morgan fingerprint density at radius 2 is 1.74 bits per heavy atom. The lowest BCUT2D eigenvalue weighted by atomic mass is 10.2. The molecular weight excluding hydrogens is 319 g/mol. The normalized spacial score (nSPS) is 15.0. The number of anilines is 2. The molecule has 1 heterocycles. The van der Waals surface area contributed by atoms with Crippen molar-refractivity contribution in [2.24, 2.45) is 0 Å². The summed E-state index contributed by atoms with van der Waals surface area (Å²) in [5.41, 5.74) is 0.854. The number of hydrogen-bond donors (Lipinski definition) is 1. The molecule has 0 spiro atoms. The van der Waals surface area contributed by atoms with E-state index in [4.69, 9.17) is 0 Å². The van der Waals surface area contributed by atoms with E-state index in [-0.39, 0.29) is 10.8 Å². The summed E-state index contributed by atoms with van der Waals surface area (Å²) < 4.78 is 40.3. The van der Waals surface area contributed by atoms with Crippen LogP contribution in [0.3, 0.4) is 0 Å². The predicted octanol–water partition coefficient (Wildman–Crippen LogP) is 2.75. The first kappa shape index (κ1) is 15.5. The molecule has 1 aliphatic rings. The molecule has 0 saturated carbocycles. The Morgan fingerprint density at radius 1 is 1.04 bits per heavy atom. The zero-order valence-electron chi connectivity index (χ0n) is 12.2. The molecule has 0 aromatic heterocycles. The van der Waals surface area contributed by atoms with Crippen molar-refractivity contribution in [1.82, 2.24) is 0 Å². The van der Waals surface area contributed by atoms with Crippen molar-refractivity contribution in [3.8, 4) is 0 Å². The standard InChI is InChI=1S/C16H15FN2O3S/c17-12-7-9-13(10-8-12)23(21,22)18-14-4-1-2-5-15(14)19-11-3-6-16(19)20/h1-2,4-5,7-10,18H,3,6,11H2. The van der Waals surface area contributed by atoms with E-state index < -0.39 is 15.8 Å². The van der Waals surface area contributed by atoms with E-state index in [1.165, 1.54) is 12.1 Å². The summed E-state index contributed by atoms with van der Waals surface area (Å²) in [6, 6.07) is 11.3. The number of rotatable bonds is 4. The number of para-hydroxylation sites is 2. The molecule has 1 N–H and O–H groups in total. The number of nitrogens with one attached hydrogen (secondary N) is 1. The largest absolute Gasteiger partial charge is 0.310 e. The molecule has 0 aliphatic carbocycles. The molecule has 0 bridgehead atoms. The van der Waals surface area contributed by atoms with Crippen LogP contribution in [0.2, 0.25) is 0 Å². The van der Waals surface area contributed by atoms with Crippen molar-refractivity contribution in [1.29, 1.82) is 0 Å². The van der Waals surface area contributed by atoms with Gasteiger partial charge in [0.25, 0.3) is 10.0 Å². The third-order valence-electron chi connectivity index (χ3n) is 3.64. The van der Waals surface area contributed by atoms with Crippen LogP contribution in [0.1, 0.15) is 12.8 Å².